The van der Waals surface area contributed by atoms with E-state index in [1.165, 1.54) is 23.6 Å². The number of ether oxygens (including phenoxy) is 1. The number of rotatable bonds is 5. The lowest BCUT2D eigenvalue weighted by molar-refractivity contribution is -0.141. The van der Waals surface area contributed by atoms with E-state index >= 15 is 0 Å². The third-order valence-electron chi connectivity index (χ3n) is 2.50. The summed E-state index contributed by atoms with van der Waals surface area (Å²) >= 11 is 13.5. The van der Waals surface area contributed by atoms with Gasteiger partial charge in [-0.25, -0.2) is 9.67 Å². The molecular weight excluding hydrogens is 337 g/mol. The molecule has 2 aromatic rings. The van der Waals surface area contributed by atoms with Crippen LogP contribution < -0.4 is 0 Å². The Balaban J connectivity index is 2.11. The molecule has 2 rings (SSSR count). The minimum absolute atomic E-state index is 0.0561. The molecule has 0 spiro atoms. The maximum Gasteiger partial charge on any atom is 0.327 e. The summed E-state index contributed by atoms with van der Waals surface area (Å²) in [6.07, 6.45) is 0. The molecule has 0 N–H and O–H groups in total. The molecule has 0 aliphatic carbocycles. The zero-order valence-electron chi connectivity index (χ0n) is 11.2. The second kappa shape index (κ2) is 7.06. The SMILES string of the molecule is COC(=O)Cn1nnnc1SCc1c(Cl)cc(C)nc1Cl. The van der Waals surface area contributed by atoms with Gasteiger partial charge in [0.15, 0.2) is 0 Å². The van der Waals surface area contributed by atoms with Crippen LogP contribution in [0.25, 0.3) is 0 Å². The Bertz CT molecular complexity index is 641. The third-order valence-corrected chi connectivity index (χ3v) is 4.13. The van der Waals surface area contributed by atoms with Gasteiger partial charge in [-0.2, -0.15) is 0 Å². The summed E-state index contributed by atoms with van der Waals surface area (Å²) in [5, 5.41) is 12.5. The summed E-state index contributed by atoms with van der Waals surface area (Å²) in [4.78, 5) is 15.4. The average molecular weight is 348 g/mol. The molecule has 0 radical (unpaired) electrons. The largest absolute Gasteiger partial charge is 0.468 e. The van der Waals surface area contributed by atoms with Gasteiger partial charge in [0.2, 0.25) is 5.16 Å². The van der Waals surface area contributed by atoms with E-state index in [0.29, 0.717) is 26.6 Å². The summed E-state index contributed by atoms with van der Waals surface area (Å²) in [6, 6.07) is 1.74. The van der Waals surface area contributed by atoms with Crippen LogP contribution in [0.15, 0.2) is 11.2 Å². The lowest BCUT2D eigenvalue weighted by Crippen LogP contribution is -2.13. The van der Waals surface area contributed by atoms with Crippen LogP contribution in [0.5, 0.6) is 0 Å². The number of esters is 1. The van der Waals surface area contributed by atoms with Gasteiger partial charge in [0.05, 0.1) is 7.11 Å². The van der Waals surface area contributed by atoms with Crippen molar-refractivity contribution >= 4 is 40.9 Å². The van der Waals surface area contributed by atoms with Crippen LogP contribution in [0.3, 0.4) is 0 Å². The summed E-state index contributed by atoms with van der Waals surface area (Å²) < 4.78 is 5.92. The fourth-order valence-electron chi connectivity index (χ4n) is 1.47. The van der Waals surface area contributed by atoms with Crippen molar-refractivity contribution in [2.45, 2.75) is 24.4 Å². The van der Waals surface area contributed by atoms with Crippen molar-refractivity contribution in [1.82, 2.24) is 25.2 Å². The Morgan fingerprint density at radius 2 is 2.24 bits per heavy atom. The number of hydrogen-bond acceptors (Lipinski definition) is 7. The quantitative estimate of drug-likeness (QED) is 0.465. The molecule has 0 unspecified atom stereocenters. The predicted molar refractivity (Wildman–Crippen MR) is 78.4 cm³/mol. The first-order valence-corrected chi connectivity index (χ1v) is 7.52. The highest BCUT2D eigenvalue weighted by atomic mass is 35.5. The summed E-state index contributed by atoms with van der Waals surface area (Å²) in [5.74, 6) is 0.00386. The first kappa shape index (κ1) is 16.0. The number of carbonyl (C=O) groups is 1. The molecule has 0 aromatic carbocycles. The zero-order chi connectivity index (χ0) is 15.4. The number of aromatic nitrogens is 5. The van der Waals surface area contributed by atoms with E-state index in [-0.39, 0.29) is 6.54 Å². The molecule has 7 nitrogen and oxygen atoms in total. The molecule has 10 heteroatoms. The number of thioether (sulfide) groups is 1. The number of nitrogens with zero attached hydrogens (tertiary/aromatic N) is 5. The highest BCUT2D eigenvalue weighted by Crippen LogP contribution is 2.30. The highest BCUT2D eigenvalue weighted by molar-refractivity contribution is 7.98. The van der Waals surface area contributed by atoms with Crippen LogP contribution in [0.1, 0.15) is 11.3 Å². The van der Waals surface area contributed by atoms with Gasteiger partial charge in [-0.3, -0.25) is 4.79 Å². The molecule has 0 saturated carbocycles. The van der Waals surface area contributed by atoms with Gasteiger partial charge in [-0.05, 0) is 23.4 Å². The minimum atomic E-state index is -0.433. The van der Waals surface area contributed by atoms with E-state index in [0.717, 1.165) is 5.69 Å². The third kappa shape index (κ3) is 4.05. The van der Waals surface area contributed by atoms with Crippen molar-refractivity contribution in [2.24, 2.45) is 0 Å². The van der Waals surface area contributed by atoms with Gasteiger partial charge in [0.25, 0.3) is 0 Å². The van der Waals surface area contributed by atoms with Gasteiger partial charge >= 0.3 is 5.97 Å². The molecule has 0 amide bonds. The maximum atomic E-state index is 11.3. The van der Waals surface area contributed by atoms with Crippen LogP contribution in [0.4, 0.5) is 0 Å². The van der Waals surface area contributed by atoms with E-state index in [9.17, 15) is 4.79 Å². The fourth-order valence-corrected chi connectivity index (χ4v) is 3.21. The predicted octanol–water partition coefficient (Wildman–Crippen LogP) is 2.15. The Kier molecular flexibility index (Phi) is 5.38. The minimum Gasteiger partial charge on any atom is -0.468 e. The smallest absolute Gasteiger partial charge is 0.327 e. The van der Waals surface area contributed by atoms with Crippen LogP contribution >= 0.6 is 35.0 Å². The van der Waals surface area contributed by atoms with Crippen LogP contribution in [-0.4, -0.2) is 38.3 Å². The normalized spacial score (nSPS) is 10.7. The van der Waals surface area contributed by atoms with Crippen LogP contribution in [-0.2, 0) is 21.8 Å². The second-order valence-corrected chi connectivity index (χ2v) is 5.71. The molecule has 0 fully saturated rings. The Labute approximate surface area is 135 Å². The summed E-state index contributed by atoms with van der Waals surface area (Å²) in [5.41, 5.74) is 1.44. The number of carbonyl (C=O) groups excluding carboxylic acids is 1. The van der Waals surface area contributed by atoms with Crippen LogP contribution in [0.2, 0.25) is 10.2 Å². The average Bonchev–Trinajstić information content (AvgIpc) is 2.84. The number of pyridine rings is 1. The molecule has 0 aliphatic rings. The molecule has 21 heavy (non-hydrogen) atoms. The van der Waals surface area contributed by atoms with E-state index < -0.39 is 5.97 Å². The fraction of sp³-hybridized carbons (Fsp3) is 0.364. The maximum absolute atomic E-state index is 11.3. The van der Waals surface area contributed by atoms with Crippen LogP contribution in [0, 0.1) is 6.92 Å². The van der Waals surface area contributed by atoms with Gasteiger partial charge in [-0.15, -0.1) is 5.10 Å². The van der Waals surface area contributed by atoms with Gasteiger partial charge in [-0.1, -0.05) is 35.0 Å². The highest BCUT2D eigenvalue weighted by Gasteiger charge is 2.14. The van der Waals surface area contributed by atoms with E-state index in [4.69, 9.17) is 23.2 Å². The van der Waals surface area contributed by atoms with Crippen molar-refractivity contribution in [3.63, 3.8) is 0 Å². The molecule has 0 atom stereocenters. The lowest BCUT2D eigenvalue weighted by atomic mass is 10.3. The van der Waals surface area contributed by atoms with E-state index in [1.54, 1.807) is 6.07 Å². The number of aryl methyl sites for hydroxylation is 1. The van der Waals surface area contributed by atoms with E-state index in [1.807, 2.05) is 6.92 Å². The topological polar surface area (TPSA) is 82.8 Å². The molecular formula is C11H11Cl2N5O2S. The van der Waals surface area contributed by atoms with Crippen molar-refractivity contribution in [3.05, 3.63) is 27.5 Å². The first-order chi connectivity index (χ1) is 10.0. The number of methoxy groups -OCH3 is 1. The zero-order valence-corrected chi connectivity index (χ0v) is 13.5. The summed E-state index contributed by atoms with van der Waals surface area (Å²) in [7, 11) is 1.30. The molecule has 2 heterocycles. The van der Waals surface area contributed by atoms with Gasteiger partial charge < -0.3 is 4.74 Å². The molecule has 0 bridgehead atoms. The Hall–Kier alpha value is -1.38. The van der Waals surface area contributed by atoms with Crippen molar-refractivity contribution in [1.29, 1.82) is 0 Å². The number of tetrazole rings is 1. The monoisotopic (exact) mass is 347 g/mol. The van der Waals surface area contributed by atoms with Crippen molar-refractivity contribution in [2.75, 3.05) is 7.11 Å². The second-order valence-electron chi connectivity index (χ2n) is 4.00. The number of halogens is 2. The van der Waals surface area contributed by atoms with Gasteiger partial charge in [0.1, 0.15) is 11.7 Å². The Morgan fingerprint density at radius 3 is 2.90 bits per heavy atom. The lowest BCUT2D eigenvalue weighted by Gasteiger charge is -2.07. The molecule has 112 valence electrons. The standard InChI is InChI=1S/C11H11Cl2N5O2S/c1-6-3-8(12)7(10(13)14-6)5-21-11-15-16-17-18(11)4-9(19)20-2/h3H,4-5H2,1-2H3. The van der Waals surface area contributed by atoms with Crippen molar-refractivity contribution in [3.8, 4) is 0 Å². The molecule has 2 aromatic heterocycles. The first-order valence-electron chi connectivity index (χ1n) is 5.78. The molecule has 0 aliphatic heterocycles. The van der Waals surface area contributed by atoms with Crippen molar-refractivity contribution < 1.29 is 9.53 Å². The Morgan fingerprint density at radius 1 is 1.48 bits per heavy atom. The van der Waals surface area contributed by atoms with E-state index in [2.05, 4.69) is 25.2 Å². The molecule has 0 saturated heterocycles. The number of hydrogen-bond donors (Lipinski definition) is 0. The van der Waals surface area contributed by atoms with Gasteiger partial charge in [0, 0.05) is 22.0 Å². The summed E-state index contributed by atoms with van der Waals surface area (Å²) in [6.45, 7) is 1.75.